The number of nitro benzene ring substituents is 1. The van der Waals surface area contributed by atoms with Crippen LogP contribution in [0.5, 0.6) is 5.75 Å². The van der Waals surface area contributed by atoms with Gasteiger partial charge in [0.2, 0.25) is 0 Å². The molecule has 20 heavy (non-hydrogen) atoms. The Morgan fingerprint density at radius 1 is 1.50 bits per heavy atom. The average molecular weight is 312 g/mol. The third-order valence-electron chi connectivity index (χ3n) is 3.19. The lowest BCUT2D eigenvalue weighted by atomic mass is 10.2. The molecule has 0 aliphatic carbocycles. The van der Waals surface area contributed by atoms with E-state index in [4.69, 9.17) is 17.0 Å². The zero-order valence-corrected chi connectivity index (χ0v) is 12.8. The van der Waals surface area contributed by atoms with Crippen LogP contribution in [0.4, 0.5) is 5.69 Å². The van der Waals surface area contributed by atoms with E-state index < -0.39 is 4.92 Å². The summed E-state index contributed by atoms with van der Waals surface area (Å²) in [5.41, 5.74) is 0.877. The van der Waals surface area contributed by atoms with Gasteiger partial charge in [0.1, 0.15) is 10.1 Å². The van der Waals surface area contributed by atoms with Crippen molar-refractivity contribution in [3.8, 4) is 5.75 Å². The first kappa shape index (κ1) is 15.1. The van der Waals surface area contributed by atoms with Crippen molar-refractivity contribution in [2.45, 2.75) is 18.6 Å². The van der Waals surface area contributed by atoms with E-state index in [0.717, 1.165) is 23.0 Å². The lowest BCUT2D eigenvalue weighted by Gasteiger charge is -2.18. The summed E-state index contributed by atoms with van der Waals surface area (Å²) in [5, 5.41) is 10.8. The Morgan fingerprint density at radius 2 is 2.20 bits per heavy atom. The van der Waals surface area contributed by atoms with E-state index in [2.05, 4.69) is 4.90 Å². The highest BCUT2D eigenvalue weighted by molar-refractivity contribution is 8.22. The van der Waals surface area contributed by atoms with Crippen LogP contribution in [0.3, 0.4) is 0 Å². The smallest absolute Gasteiger partial charge is 0.270 e. The number of methoxy groups -OCH3 is 1. The number of benzene rings is 1. The Bertz CT molecular complexity index is 516. The molecule has 0 spiro atoms. The van der Waals surface area contributed by atoms with Crippen molar-refractivity contribution in [3.05, 3.63) is 33.9 Å². The lowest BCUT2D eigenvalue weighted by molar-refractivity contribution is -0.384. The molecule has 0 atom stereocenters. The van der Waals surface area contributed by atoms with Crippen LogP contribution in [-0.4, -0.2) is 34.3 Å². The molecule has 1 aromatic carbocycles. The minimum absolute atomic E-state index is 0.0773. The van der Waals surface area contributed by atoms with Crippen LogP contribution in [-0.2, 0) is 5.75 Å². The van der Waals surface area contributed by atoms with Crippen molar-refractivity contribution in [1.82, 2.24) is 4.90 Å². The first-order valence-electron chi connectivity index (χ1n) is 6.35. The van der Waals surface area contributed by atoms with Gasteiger partial charge in [-0.1, -0.05) is 24.0 Å². The zero-order chi connectivity index (χ0) is 14.5. The van der Waals surface area contributed by atoms with Crippen molar-refractivity contribution in [3.63, 3.8) is 0 Å². The number of nitrogens with zero attached hydrogens (tertiary/aromatic N) is 2. The van der Waals surface area contributed by atoms with Crippen LogP contribution in [0.25, 0.3) is 0 Å². The van der Waals surface area contributed by atoms with Crippen LogP contribution in [0.15, 0.2) is 18.2 Å². The molecule has 0 unspecified atom stereocenters. The van der Waals surface area contributed by atoms with E-state index in [1.807, 2.05) is 0 Å². The number of ether oxygens (including phenoxy) is 1. The van der Waals surface area contributed by atoms with Crippen LogP contribution >= 0.6 is 24.0 Å². The zero-order valence-electron chi connectivity index (χ0n) is 11.2. The van der Waals surface area contributed by atoms with Gasteiger partial charge in [0.25, 0.3) is 5.69 Å². The SMILES string of the molecule is COc1ccc([N+](=O)[O-])cc1CSC(=S)N1CCCC1. The second-order valence-corrected chi connectivity index (χ2v) is 6.11. The van der Waals surface area contributed by atoms with Gasteiger partial charge >= 0.3 is 0 Å². The maximum Gasteiger partial charge on any atom is 0.270 e. The Kier molecular flexibility index (Phi) is 5.19. The molecule has 7 heteroatoms. The Labute approximate surface area is 127 Å². The second-order valence-electron chi connectivity index (χ2n) is 4.50. The summed E-state index contributed by atoms with van der Waals surface area (Å²) >= 11 is 6.92. The van der Waals surface area contributed by atoms with Gasteiger partial charge in [-0.2, -0.15) is 0 Å². The monoisotopic (exact) mass is 312 g/mol. The van der Waals surface area contributed by atoms with Crippen molar-refractivity contribution in [2.24, 2.45) is 0 Å². The molecule has 0 bridgehead atoms. The third kappa shape index (κ3) is 3.61. The van der Waals surface area contributed by atoms with Crippen LogP contribution in [0, 0.1) is 10.1 Å². The number of hydrogen-bond acceptors (Lipinski definition) is 5. The standard InChI is InChI=1S/C13H16N2O3S2/c1-18-12-5-4-11(15(16)17)8-10(12)9-20-13(19)14-6-2-3-7-14/h4-5,8H,2-3,6-7,9H2,1H3. The number of rotatable bonds is 4. The summed E-state index contributed by atoms with van der Waals surface area (Å²) in [7, 11) is 1.56. The number of hydrogen-bond donors (Lipinski definition) is 0. The van der Waals surface area contributed by atoms with Gasteiger partial charge in [-0.25, -0.2) is 0 Å². The van der Waals surface area contributed by atoms with Gasteiger partial charge in [-0.3, -0.25) is 10.1 Å². The molecule has 108 valence electrons. The molecule has 1 saturated heterocycles. The second kappa shape index (κ2) is 6.90. The largest absolute Gasteiger partial charge is 0.496 e. The number of thiocarbonyl (C=S) groups is 1. The maximum absolute atomic E-state index is 10.8. The highest BCUT2D eigenvalue weighted by Crippen LogP contribution is 2.29. The Balaban J connectivity index is 2.05. The number of non-ortho nitro benzene ring substituents is 1. The molecule has 0 N–H and O–H groups in total. The maximum atomic E-state index is 10.8. The van der Waals surface area contributed by atoms with Crippen LogP contribution in [0.2, 0.25) is 0 Å². The lowest BCUT2D eigenvalue weighted by Crippen LogP contribution is -2.23. The van der Waals surface area contributed by atoms with Crippen LogP contribution < -0.4 is 4.74 Å². The number of thioether (sulfide) groups is 1. The molecule has 1 fully saturated rings. The van der Waals surface area contributed by atoms with Gasteiger partial charge in [0.15, 0.2) is 0 Å². The van der Waals surface area contributed by atoms with Crippen molar-refractivity contribution in [1.29, 1.82) is 0 Å². The Hall–Kier alpha value is -1.34. The van der Waals surface area contributed by atoms with Crippen molar-refractivity contribution < 1.29 is 9.66 Å². The van der Waals surface area contributed by atoms with E-state index in [-0.39, 0.29) is 5.69 Å². The van der Waals surface area contributed by atoms with Gasteiger partial charge in [-0.05, 0) is 18.9 Å². The quantitative estimate of drug-likeness (QED) is 0.483. The summed E-state index contributed by atoms with van der Waals surface area (Å²) in [5.74, 6) is 1.24. The van der Waals surface area contributed by atoms with Crippen molar-refractivity contribution >= 4 is 34.0 Å². The fourth-order valence-electron chi connectivity index (χ4n) is 2.12. The summed E-state index contributed by atoms with van der Waals surface area (Å²) in [4.78, 5) is 12.6. The van der Waals surface area contributed by atoms with Crippen LogP contribution in [0.1, 0.15) is 18.4 Å². The molecular formula is C13H16N2O3S2. The van der Waals surface area contributed by atoms with Gasteiger partial charge < -0.3 is 9.64 Å². The summed E-state index contributed by atoms with van der Waals surface area (Å²) in [6, 6.07) is 4.64. The average Bonchev–Trinajstić information content (AvgIpc) is 2.98. The number of nitro groups is 1. The molecule has 2 rings (SSSR count). The molecule has 1 aromatic rings. The first-order valence-corrected chi connectivity index (χ1v) is 7.74. The van der Waals surface area contributed by atoms with Gasteiger partial charge in [-0.15, -0.1) is 0 Å². The van der Waals surface area contributed by atoms with Gasteiger partial charge in [0.05, 0.1) is 12.0 Å². The fraction of sp³-hybridized carbons (Fsp3) is 0.462. The van der Waals surface area contributed by atoms with Crippen molar-refractivity contribution in [2.75, 3.05) is 20.2 Å². The molecule has 0 saturated carbocycles. The van der Waals surface area contributed by atoms with Gasteiger partial charge in [0, 0.05) is 36.5 Å². The van der Waals surface area contributed by atoms with E-state index >= 15 is 0 Å². The predicted molar refractivity (Wildman–Crippen MR) is 84.3 cm³/mol. The van der Waals surface area contributed by atoms with E-state index in [1.54, 1.807) is 19.2 Å². The number of likely N-dealkylation sites (tertiary alicyclic amines) is 1. The molecule has 1 aliphatic rings. The predicted octanol–water partition coefficient (Wildman–Crippen LogP) is 3.22. The highest BCUT2D eigenvalue weighted by Gasteiger charge is 2.17. The molecule has 1 heterocycles. The summed E-state index contributed by atoms with van der Waals surface area (Å²) < 4.78 is 6.10. The topological polar surface area (TPSA) is 55.6 Å². The minimum atomic E-state index is -0.396. The molecule has 0 aromatic heterocycles. The van der Waals surface area contributed by atoms with E-state index in [0.29, 0.717) is 11.5 Å². The summed E-state index contributed by atoms with van der Waals surface area (Å²) in [6.07, 6.45) is 2.36. The highest BCUT2D eigenvalue weighted by atomic mass is 32.2. The van der Waals surface area contributed by atoms with E-state index in [9.17, 15) is 10.1 Å². The molecule has 1 aliphatic heterocycles. The fourth-order valence-corrected chi connectivity index (χ4v) is 3.35. The summed E-state index contributed by atoms with van der Waals surface area (Å²) in [6.45, 7) is 2.02. The molecule has 0 radical (unpaired) electrons. The molecule has 5 nitrogen and oxygen atoms in total. The third-order valence-corrected chi connectivity index (χ3v) is 4.76. The van der Waals surface area contributed by atoms with E-state index in [1.165, 1.54) is 30.7 Å². The molecule has 0 amide bonds. The first-order chi connectivity index (χ1) is 9.61. The minimum Gasteiger partial charge on any atom is -0.496 e. The normalized spacial score (nSPS) is 14.3. The Morgan fingerprint density at radius 3 is 2.80 bits per heavy atom. The molecular weight excluding hydrogens is 296 g/mol.